The lowest BCUT2D eigenvalue weighted by atomic mass is 10.1. The van der Waals surface area contributed by atoms with Crippen LogP contribution in [-0.4, -0.2) is 131 Å². The van der Waals surface area contributed by atoms with E-state index < -0.39 is 24.0 Å². The number of carboxylic acids is 2. The molecule has 3 atom stereocenters. The van der Waals surface area contributed by atoms with Crippen LogP contribution < -0.4 is 26.4 Å². The third kappa shape index (κ3) is 23.9. The number of hydrogen-bond acceptors (Lipinski definition) is 11. The Morgan fingerprint density at radius 3 is 1.61 bits per heavy atom. The van der Waals surface area contributed by atoms with E-state index in [2.05, 4.69) is 35.7 Å². The van der Waals surface area contributed by atoms with E-state index in [-0.39, 0.29) is 96.5 Å². The van der Waals surface area contributed by atoms with E-state index in [0.29, 0.717) is 25.8 Å². The Hall–Kier alpha value is -2.46. The lowest BCUT2D eigenvalue weighted by Gasteiger charge is -2.11. The number of carboxylic acid groups (broad SMARTS) is 2. The monoisotopic (exact) mass is 611 g/mol. The van der Waals surface area contributed by atoms with Crippen molar-refractivity contribution in [2.24, 2.45) is 0 Å². The van der Waals surface area contributed by atoms with E-state index in [1.165, 1.54) is 7.05 Å². The van der Waals surface area contributed by atoms with E-state index >= 15 is 0 Å². The summed E-state index contributed by atoms with van der Waals surface area (Å²) in [6.07, 6.45) is 2.06. The van der Waals surface area contributed by atoms with Crippen LogP contribution in [0.2, 0.25) is 0 Å². The lowest BCUT2D eigenvalue weighted by Crippen LogP contribution is -2.36. The van der Waals surface area contributed by atoms with Gasteiger partial charge in [-0.1, -0.05) is 9.39 Å². The minimum absolute atomic E-state index is 0.0896. The Labute approximate surface area is 242 Å². The fourth-order valence-electron chi connectivity index (χ4n) is 3.13. The van der Waals surface area contributed by atoms with Crippen molar-refractivity contribution in [3.8, 4) is 0 Å². The Kier molecular flexibility index (Phi) is 24.9. The first-order valence-electron chi connectivity index (χ1n) is 13.4. The number of ether oxygens (including phenoxy) is 4. The van der Waals surface area contributed by atoms with Crippen LogP contribution in [0.5, 0.6) is 0 Å². The average molecular weight is 612 g/mol. The molecule has 0 aliphatic heterocycles. The molecule has 17 heteroatoms. The molecule has 0 aromatic carbocycles. The van der Waals surface area contributed by atoms with Gasteiger partial charge in [0.1, 0.15) is 25.3 Å². The van der Waals surface area contributed by atoms with E-state index in [1.54, 1.807) is 0 Å². The number of hydrogen-bond donors (Lipinski definition) is 7. The molecule has 0 bridgehead atoms. The molecule has 3 amide bonds. The summed E-state index contributed by atoms with van der Waals surface area (Å²) in [4.78, 5) is 56.9. The predicted molar refractivity (Wildman–Crippen MR) is 150 cm³/mol. The van der Waals surface area contributed by atoms with Crippen molar-refractivity contribution in [3.05, 3.63) is 0 Å². The molecule has 0 aromatic rings. The second-order valence-corrected chi connectivity index (χ2v) is 8.98. The maximum absolute atomic E-state index is 11.7. The van der Waals surface area contributed by atoms with Gasteiger partial charge < -0.3 is 50.4 Å². The highest BCUT2D eigenvalue weighted by atomic mass is 31.0. The summed E-state index contributed by atoms with van der Waals surface area (Å²) in [5, 5.41) is 31.1. The fourth-order valence-corrected chi connectivity index (χ4v) is 3.44. The van der Waals surface area contributed by atoms with Gasteiger partial charge in [-0.05, 0) is 32.7 Å². The molecule has 0 saturated carbocycles. The van der Waals surface area contributed by atoms with Gasteiger partial charge in [0.05, 0.1) is 39.6 Å². The zero-order valence-electron chi connectivity index (χ0n) is 23.6. The number of aliphatic carboxylic acids is 2. The summed E-state index contributed by atoms with van der Waals surface area (Å²) in [7, 11) is 3.71. The highest BCUT2D eigenvalue weighted by Crippen LogP contribution is 2.02. The van der Waals surface area contributed by atoms with Crippen LogP contribution in [0.3, 0.4) is 0 Å². The summed E-state index contributed by atoms with van der Waals surface area (Å²) in [6.45, 7) is 2.22. The topological polar surface area (TPSA) is 223 Å². The van der Waals surface area contributed by atoms with Gasteiger partial charge in [-0.15, -0.1) is 0 Å². The van der Waals surface area contributed by atoms with Crippen molar-refractivity contribution < 1.29 is 53.1 Å². The van der Waals surface area contributed by atoms with Gasteiger partial charge in [-0.25, -0.2) is 0 Å². The maximum atomic E-state index is 11.7. The van der Waals surface area contributed by atoms with Gasteiger partial charge in [0.25, 0.3) is 0 Å². The molecule has 0 heterocycles. The molecule has 0 saturated heterocycles. The first kappa shape index (κ1) is 38.5. The summed E-state index contributed by atoms with van der Waals surface area (Å²) in [6, 6.07) is -1.38. The van der Waals surface area contributed by atoms with E-state index in [0.717, 1.165) is 0 Å². The Morgan fingerprint density at radius 2 is 1.12 bits per heavy atom. The maximum Gasteiger partial charge on any atom is 0.320 e. The largest absolute Gasteiger partial charge is 0.480 e. The summed E-state index contributed by atoms with van der Waals surface area (Å²) in [5.41, 5.74) is 0. The summed E-state index contributed by atoms with van der Waals surface area (Å²) in [5.74, 6) is -2.75. The zero-order valence-corrected chi connectivity index (χ0v) is 24.8. The van der Waals surface area contributed by atoms with Crippen LogP contribution in [0.4, 0.5) is 0 Å². The van der Waals surface area contributed by atoms with E-state index in [1.807, 2.05) is 0 Å². The molecular weight excluding hydrogens is 565 g/mol. The van der Waals surface area contributed by atoms with Crippen LogP contribution in [0.1, 0.15) is 32.1 Å². The second kappa shape index (κ2) is 26.4. The number of unbranched alkanes of at least 4 members (excludes halogenated alkanes) is 1. The molecule has 0 spiro atoms. The van der Waals surface area contributed by atoms with Gasteiger partial charge >= 0.3 is 11.9 Å². The van der Waals surface area contributed by atoms with Crippen molar-refractivity contribution in [2.45, 2.75) is 44.2 Å². The van der Waals surface area contributed by atoms with Crippen LogP contribution in [0.25, 0.3) is 0 Å². The van der Waals surface area contributed by atoms with Crippen molar-refractivity contribution in [3.63, 3.8) is 0 Å². The van der Waals surface area contributed by atoms with Crippen LogP contribution in [-0.2, 0) is 42.9 Å². The molecule has 3 unspecified atom stereocenters. The smallest absolute Gasteiger partial charge is 0.320 e. The van der Waals surface area contributed by atoms with Gasteiger partial charge in [0.2, 0.25) is 17.7 Å². The molecular formula is C24H46N5O11P. The highest BCUT2D eigenvalue weighted by Gasteiger charge is 2.16. The molecule has 0 aliphatic carbocycles. The number of carbonyl (C=O) groups excluding carboxylic acids is 3. The minimum Gasteiger partial charge on any atom is -0.480 e. The predicted octanol–water partition coefficient (Wildman–Crippen LogP) is -2.14. The Bertz CT molecular complexity index is 764. The summed E-state index contributed by atoms with van der Waals surface area (Å²) >= 11 is 0. The minimum atomic E-state index is -1.00. The second-order valence-electron chi connectivity index (χ2n) is 8.65. The number of nitrogens with one attached hydrogen (secondary N) is 5. The number of carbonyl (C=O) groups is 5. The number of amides is 3. The molecule has 0 aromatic heterocycles. The van der Waals surface area contributed by atoms with Crippen molar-refractivity contribution in [1.29, 1.82) is 0 Å². The standard InChI is InChI=1S/C24H46N5O11P/c1-25-18(23(33)34)5-6-20(30)27-8-10-37-12-15-40-17-22(32)28-9-11-38-13-14-39-16-21(31)26-7-3-2-4-19(29-41)24(35)36/h18-19,25,29H,2-17,41H2,1H3,(H,26,31)(H,27,30)(H,28,32)(H,33,34)(H,35,36). The Morgan fingerprint density at radius 1 is 0.634 bits per heavy atom. The Balaban J connectivity index is 3.47. The van der Waals surface area contributed by atoms with Crippen LogP contribution in [0, 0.1) is 0 Å². The molecule has 7 N–H and O–H groups in total. The van der Waals surface area contributed by atoms with Gasteiger partial charge in [0, 0.05) is 26.1 Å². The third-order valence-electron chi connectivity index (χ3n) is 5.40. The van der Waals surface area contributed by atoms with Crippen LogP contribution in [0.15, 0.2) is 0 Å². The SMILES string of the molecule is CNC(CCC(=O)NCCOCCOCC(=O)NCCOCCOCC(=O)NCCCCC(NP)C(=O)O)C(=O)O. The molecule has 0 rings (SSSR count). The molecule has 16 nitrogen and oxygen atoms in total. The third-order valence-corrected chi connectivity index (χ3v) is 5.80. The quantitative estimate of drug-likeness (QED) is 0.0371. The average Bonchev–Trinajstić information content (AvgIpc) is 2.93. The number of likely N-dealkylation sites (N-methyl/N-ethyl adjacent to an activating group) is 1. The molecule has 0 fully saturated rings. The first-order valence-corrected chi connectivity index (χ1v) is 14.0. The van der Waals surface area contributed by atoms with Gasteiger partial charge in [-0.2, -0.15) is 0 Å². The molecule has 0 radical (unpaired) electrons. The van der Waals surface area contributed by atoms with Crippen LogP contribution >= 0.6 is 9.39 Å². The fraction of sp³-hybridized carbons (Fsp3) is 0.792. The number of rotatable bonds is 28. The highest BCUT2D eigenvalue weighted by molar-refractivity contribution is 7.13. The lowest BCUT2D eigenvalue weighted by molar-refractivity contribution is -0.140. The van der Waals surface area contributed by atoms with Gasteiger partial charge in [-0.3, -0.25) is 29.1 Å². The molecule has 238 valence electrons. The van der Waals surface area contributed by atoms with E-state index in [4.69, 9.17) is 29.2 Å². The first-order chi connectivity index (χ1) is 19.7. The zero-order chi connectivity index (χ0) is 30.7. The normalized spacial score (nSPS) is 12.3. The summed E-state index contributed by atoms with van der Waals surface area (Å²) < 4.78 is 21.1. The molecule has 0 aliphatic rings. The van der Waals surface area contributed by atoms with Crippen molar-refractivity contribution >= 4 is 39.1 Å². The van der Waals surface area contributed by atoms with E-state index in [9.17, 15) is 24.0 Å². The van der Waals surface area contributed by atoms with Gasteiger partial charge in [0.15, 0.2) is 0 Å². The molecule has 41 heavy (non-hydrogen) atoms. The van der Waals surface area contributed by atoms with Crippen molar-refractivity contribution in [1.82, 2.24) is 26.4 Å². The van der Waals surface area contributed by atoms with Crippen molar-refractivity contribution in [2.75, 3.05) is 79.5 Å².